The van der Waals surface area contributed by atoms with Gasteiger partial charge < -0.3 is 20.1 Å². The van der Waals surface area contributed by atoms with Gasteiger partial charge in [-0.05, 0) is 82.2 Å². The maximum absolute atomic E-state index is 5.85. The van der Waals surface area contributed by atoms with Crippen LogP contribution >= 0.6 is 12.2 Å². The molecule has 0 unspecified atom stereocenters. The van der Waals surface area contributed by atoms with Crippen molar-refractivity contribution in [1.29, 1.82) is 0 Å². The fourth-order valence-corrected chi connectivity index (χ4v) is 2.70. The van der Waals surface area contributed by atoms with Gasteiger partial charge in [-0.1, -0.05) is 12.1 Å². The lowest BCUT2D eigenvalue weighted by molar-refractivity contribution is 0.242. The van der Waals surface area contributed by atoms with Gasteiger partial charge in [0.25, 0.3) is 0 Å². The van der Waals surface area contributed by atoms with Crippen molar-refractivity contribution < 1.29 is 9.47 Å². The highest BCUT2D eigenvalue weighted by molar-refractivity contribution is 7.80. The molecule has 2 N–H and O–H groups in total. The molecule has 0 aliphatic heterocycles. The summed E-state index contributed by atoms with van der Waals surface area (Å²) in [5, 5.41) is 6.98. The first-order chi connectivity index (χ1) is 12.3. The zero-order chi connectivity index (χ0) is 19.1. The maximum atomic E-state index is 5.85. The van der Waals surface area contributed by atoms with Gasteiger partial charge in [0, 0.05) is 11.8 Å². The number of thiocarbonyl (C=S) groups is 1. The first-order valence-corrected chi connectivity index (χ1v) is 9.28. The molecule has 140 valence electrons. The van der Waals surface area contributed by atoms with E-state index in [1.165, 1.54) is 11.1 Å². The van der Waals surface area contributed by atoms with Crippen molar-refractivity contribution in [3.05, 3.63) is 53.6 Å². The summed E-state index contributed by atoms with van der Waals surface area (Å²) in [5.74, 6) is 1.69. The topological polar surface area (TPSA) is 42.5 Å². The van der Waals surface area contributed by atoms with E-state index >= 15 is 0 Å². The zero-order valence-electron chi connectivity index (χ0n) is 16.1. The molecular weight excluding hydrogens is 344 g/mol. The van der Waals surface area contributed by atoms with Crippen LogP contribution in [0.3, 0.4) is 0 Å². The molecule has 0 spiro atoms. The van der Waals surface area contributed by atoms with Gasteiger partial charge in [-0.15, -0.1) is 0 Å². The van der Waals surface area contributed by atoms with E-state index in [1.54, 1.807) is 0 Å². The minimum absolute atomic E-state index is 0.0757. The van der Waals surface area contributed by atoms with Gasteiger partial charge in [0.15, 0.2) is 5.11 Å². The van der Waals surface area contributed by atoms with E-state index < -0.39 is 0 Å². The largest absolute Gasteiger partial charge is 0.491 e. The monoisotopic (exact) mass is 372 g/mol. The van der Waals surface area contributed by atoms with Crippen molar-refractivity contribution in [2.75, 3.05) is 11.9 Å². The van der Waals surface area contributed by atoms with Crippen LogP contribution in [0.4, 0.5) is 5.69 Å². The van der Waals surface area contributed by atoms with E-state index in [1.807, 2.05) is 51.1 Å². The van der Waals surface area contributed by atoms with E-state index in [0.717, 1.165) is 17.2 Å². The summed E-state index contributed by atoms with van der Waals surface area (Å²) < 4.78 is 11.5. The SMILES string of the molecule is Cc1ccc(OC[C@@H](C)NC(=S)Nc2cccc(OC(C)C)c2)cc1C. The van der Waals surface area contributed by atoms with Crippen LogP contribution in [0.5, 0.6) is 11.5 Å². The summed E-state index contributed by atoms with van der Waals surface area (Å²) >= 11 is 5.39. The lowest BCUT2D eigenvalue weighted by Gasteiger charge is -2.18. The van der Waals surface area contributed by atoms with E-state index in [4.69, 9.17) is 21.7 Å². The number of anilines is 1. The second-order valence-corrected chi connectivity index (χ2v) is 7.16. The highest BCUT2D eigenvalue weighted by atomic mass is 32.1. The fraction of sp³-hybridized carbons (Fsp3) is 0.381. The summed E-state index contributed by atoms with van der Waals surface area (Å²) in [7, 11) is 0. The standard InChI is InChI=1S/C21H28N2O2S/c1-14(2)25-20-8-6-7-18(12-20)23-21(26)22-17(5)13-24-19-10-9-15(3)16(4)11-19/h6-12,14,17H,13H2,1-5H3,(H2,22,23,26)/t17-/m1/s1. The highest BCUT2D eigenvalue weighted by Gasteiger charge is 2.07. The van der Waals surface area contributed by atoms with Gasteiger partial charge in [0.1, 0.15) is 18.1 Å². The van der Waals surface area contributed by atoms with Crippen LogP contribution in [-0.4, -0.2) is 23.9 Å². The molecule has 0 aliphatic carbocycles. The van der Waals surface area contributed by atoms with Crippen LogP contribution in [0.1, 0.15) is 31.9 Å². The number of nitrogens with one attached hydrogen (secondary N) is 2. The van der Waals surface area contributed by atoms with Gasteiger partial charge in [0.2, 0.25) is 0 Å². The van der Waals surface area contributed by atoms with E-state index in [0.29, 0.717) is 11.7 Å². The summed E-state index contributed by atoms with van der Waals surface area (Å²) in [5.41, 5.74) is 3.38. The molecule has 2 rings (SSSR count). The van der Waals surface area contributed by atoms with Crippen LogP contribution in [0.25, 0.3) is 0 Å². The summed E-state index contributed by atoms with van der Waals surface area (Å²) in [6.07, 6.45) is 0.137. The maximum Gasteiger partial charge on any atom is 0.171 e. The van der Waals surface area contributed by atoms with E-state index in [-0.39, 0.29) is 12.1 Å². The minimum atomic E-state index is 0.0757. The molecule has 0 bridgehead atoms. The molecule has 0 saturated carbocycles. The molecule has 0 radical (unpaired) electrons. The predicted molar refractivity (Wildman–Crippen MR) is 112 cm³/mol. The minimum Gasteiger partial charge on any atom is -0.491 e. The smallest absolute Gasteiger partial charge is 0.171 e. The van der Waals surface area contributed by atoms with E-state index in [9.17, 15) is 0 Å². The Morgan fingerprint density at radius 3 is 2.46 bits per heavy atom. The first-order valence-electron chi connectivity index (χ1n) is 8.88. The molecule has 0 aromatic heterocycles. The van der Waals surface area contributed by atoms with E-state index in [2.05, 4.69) is 36.6 Å². The molecule has 2 aromatic carbocycles. The molecule has 2 aromatic rings. The van der Waals surface area contributed by atoms with Crippen molar-refractivity contribution in [3.8, 4) is 11.5 Å². The number of benzene rings is 2. The second-order valence-electron chi connectivity index (χ2n) is 6.75. The van der Waals surface area contributed by atoms with Crippen molar-refractivity contribution in [1.82, 2.24) is 5.32 Å². The number of hydrogen-bond donors (Lipinski definition) is 2. The summed E-state index contributed by atoms with van der Waals surface area (Å²) in [6.45, 7) is 10.7. The highest BCUT2D eigenvalue weighted by Crippen LogP contribution is 2.19. The number of hydrogen-bond acceptors (Lipinski definition) is 3. The third kappa shape index (κ3) is 6.56. The zero-order valence-corrected chi connectivity index (χ0v) is 16.9. The average molecular weight is 373 g/mol. The quantitative estimate of drug-likeness (QED) is 0.681. The van der Waals surface area contributed by atoms with Gasteiger partial charge in [-0.3, -0.25) is 0 Å². The fourth-order valence-electron chi connectivity index (χ4n) is 2.38. The second kappa shape index (κ2) is 9.43. The van der Waals surface area contributed by atoms with Crippen LogP contribution in [0.2, 0.25) is 0 Å². The normalized spacial score (nSPS) is 11.8. The van der Waals surface area contributed by atoms with Crippen molar-refractivity contribution in [2.24, 2.45) is 0 Å². The Morgan fingerprint density at radius 2 is 1.77 bits per heavy atom. The molecule has 0 saturated heterocycles. The molecule has 0 fully saturated rings. The van der Waals surface area contributed by atoms with Crippen molar-refractivity contribution in [2.45, 2.75) is 46.8 Å². The van der Waals surface area contributed by atoms with Gasteiger partial charge in [0.05, 0.1) is 12.1 Å². The van der Waals surface area contributed by atoms with Crippen LogP contribution in [0, 0.1) is 13.8 Å². The summed E-state index contributed by atoms with van der Waals surface area (Å²) in [4.78, 5) is 0. The van der Waals surface area contributed by atoms with Crippen molar-refractivity contribution in [3.63, 3.8) is 0 Å². The number of ether oxygens (including phenoxy) is 2. The molecule has 5 heteroatoms. The van der Waals surface area contributed by atoms with Gasteiger partial charge in [-0.25, -0.2) is 0 Å². The van der Waals surface area contributed by atoms with Gasteiger partial charge in [-0.2, -0.15) is 0 Å². The average Bonchev–Trinajstić information content (AvgIpc) is 2.55. The first kappa shape index (κ1) is 20.0. The predicted octanol–water partition coefficient (Wildman–Crippen LogP) is 4.84. The Bertz CT molecular complexity index is 747. The number of rotatable bonds is 7. The molecule has 4 nitrogen and oxygen atoms in total. The Kier molecular flexibility index (Phi) is 7.27. The lowest BCUT2D eigenvalue weighted by Crippen LogP contribution is -2.39. The molecular formula is C21H28N2O2S. The molecule has 0 amide bonds. The lowest BCUT2D eigenvalue weighted by atomic mass is 10.1. The molecule has 0 heterocycles. The van der Waals surface area contributed by atoms with Crippen molar-refractivity contribution >= 4 is 23.0 Å². The molecule has 0 aliphatic rings. The van der Waals surface area contributed by atoms with Crippen LogP contribution in [0.15, 0.2) is 42.5 Å². The third-order valence-electron chi connectivity index (χ3n) is 3.82. The van der Waals surface area contributed by atoms with Crippen LogP contribution in [-0.2, 0) is 0 Å². The Balaban J connectivity index is 1.82. The summed E-state index contributed by atoms with van der Waals surface area (Å²) in [6, 6.07) is 14.0. The number of aryl methyl sites for hydroxylation is 2. The Morgan fingerprint density at radius 1 is 1.00 bits per heavy atom. The van der Waals surface area contributed by atoms with Crippen LogP contribution < -0.4 is 20.1 Å². The Labute approximate surface area is 161 Å². The molecule has 1 atom stereocenters. The molecule has 26 heavy (non-hydrogen) atoms. The van der Waals surface area contributed by atoms with Gasteiger partial charge >= 0.3 is 0 Å². The third-order valence-corrected chi connectivity index (χ3v) is 4.04. The Hall–Kier alpha value is -2.27.